The maximum Gasteiger partial charge on any atom is 0.241 e. The fourth-order valence-electron chi connectivity index (χ4n) is 1.78. The summed E-state index contributed by atoms with van der Waals surface area (Å²) in [7, 11) is 3.51. The summed E-state index contributed by atoms with van der Waals surface area (Å²) in [4.78, 5) is 15.4. The number of hydrogen-bond donors (Lipinski definition) is 1. The van der Waals surface area contributed by atoms with Crippen LogP contribution in [0.5, 0.6) is 5.75 Å². The summed E-state index contributed by atoms with van der Waals surface area (Å²) >= 11 is 0. The van der Waals surface area contributed by atoms with Gasteiger partial charge in [0, 0.05) is 44.1 Å². The first-order valence-corrected chi connectivity index (χ1v) is 6.96. The first-order chi connectivity index (χ1) is 9.47. The largest absolute Gasteiger partial charge is 0.493 e. The maximum absolute atomic E-state index is 11.8. The molecule has 0 saturated heterocycles. The number of likely N-dealkylation sites (N-methyl/N-ethyl adjacent to an activating group) is 2. The number of carbonyl (C=O) groups excluding carboxylic acids is 1. The number of nitrogens with two attached hydrogens (primary N) is 1. The average Bonchev–Trinajstić information content (AvgIpc) is 2.41. The summed E-state index contributed by atoms with van der Waals surface area (Å²) in [5, 5.41) is 0. The number of anilines is 2. The lowest BCUT2D eigenvalue weighted by Gasteiger charge is -2.25. The third-order valence-electron chi connectivity index (χ3n) is 2.96. The molecule has 0 aliphatic heterocycles. The van der Waals surface area contributed by atoms with E-state index in [2.05, 4.69) is 6.92 Å². The fraction of sp³-hybridized carbons (Fsp3) is 0.533. The van der Waals surface area contributed by atoms with Gasteiger partial charge >= 0.3 is 0 Å². The SMILES string of the molecule is CCCOc1cc(N)cc(N(CC)CC(=O)N(C)C)c1. The molecule has 0 unspecified atom stereocenters. The quantitative estimate of drug-likeness (QED) is 0.775. The molecule has 0 fully saturated rings. The minimum Gasteiger partial charge on any atom is -0.493 e. The summed E-state index contributed by atoms with van der Waals surface area (Å²) in [6, 6.07) is 5.60. The van der Waals surface area contributed by atoms with E-state index in [1.54, 1.807) is 25.1 Å². The van der Waals surface area contributed by atoms with E-state index in [1.165, 1.54) is 0 Å². The van der Waals surface area contributed by atoms with Crippen molar-refractivity contribution in [2.24, 2.45) is 0 Å². The molecule has 1 aromatic carbocycles. The molecule has 20 heavy (non-hydrogen) atoms. The molecule has 2 N–H and O–H groups in total. The van der Waals surface area contributed by atoms with Crippen LogP contribution in [-0.2, 0) is 4.79 Å². The molecular weight excluding hydrogens is 254 g/mol. The molecule has 1 amide bonds. The molecule has 0 bridgehead atoms. The van der Waals surface area contributed by atoms with Gasteiger partial charge in [0.2, 0.25) is 5.91 Å². The molecule has 0 heterocycles. The Hall–Kier alpha value is -1.91. The van der Waals surface area contributed by atoms with Gasteiger partial charge in [0.05, 0.1) is 13.2 Å². The Morgan fingerprint density at radius 2 is 1.95 bits per heavy atom. The summed E-state index contributed by atoms with van der Waals surface area (Å²) in [6.07, 6.45) is 0.945. The zero-order chi connectivity index (χ0) is 15.1. The molecule has 0 aliphatic rings. The molecule has 112 valence electrons. The number of carbonyl (C=O) groups is 1. The predicted molar refractivity (Wildman–Crippen MR) is 83.2 cm³/mol. The molecule has 0 aliphatic carbocycles. The highest BCUT2D eigenvalue weighted by Gasteiger charge is 2.13. The van der Waals surface area contributed by atoms with Gasteiger partial charge in [-0.2, -0.15) is 0 Å². The third-order valence-corrected chi connectivity index (χ3v) is 2.96. The summed E-state index contributed by atoms with van der Waals surface area (Å²) < 4.78 is 5.62. The van der Waals surface area contributed by atoms with E-state index in [1.807, 2.05) is 24.0 Å². The normalized spacial score (nSPS) is 10.2. The standard InChI is InChI=1S/C15H25N3O2/c1-5-7-20-14-9-12(16)8-13(10-14)18(6-2)11-15(19)17(3)4/h8-10H,5-7,11,16H2,1-4H3. The molecule has 5 nitrogen and oxygen atoms in total. The van der Waals surface area contributed by atoms with Crippen LogP contribution in [0.2, 0.25) is 0 Å². The lowest BCUT2D eigenvalue weighted by molar-refractivity contribution is -0.127. The topological polar surface area (TPSA) is 58.8 Å². The van der Waals surface area contributed by atoms with Crippen molar-refractivity contribution in [2.75, 3.05) is 44.4 Å². The Kier molecular flexibility index (Phi) is 6.15. The minimum atomic E-state index is 0.0605. The molecule has 0 aromatic heterocycles. The van der Waals surface area contributed by atoms with Gasteiger partial charge in [0.25, 0.3) is 0 Å². The van der Waals surface area contributed by atoms with Crippen molar-refractivity contribution < 1.29 is 9.53 Å². The van der Waals surface area contributed by atoms with Crippen LogP contribution in [0.15, 0.2) is 18.2 Å². The molecule has 0 spiro atoms. The highest BCUT2D eigenvalue weighted by Crippen LogP contribution is 2.25. The van der Waals surface area contributed by atoms with Crippen LogP contribution in [0.4, 0.5) is 11.4 Å². The van der Waals surface area contributed by atoms with Crippen LogP contribution in [0.3, 0.4) is 0 Å². The number of nitrogens with zero attached hydrogens (tertiary/aromatic N) is 2. The van der Waals surface area contributed by atoms with Gasteiger partial charge in [-0.15, -0.1) is 0 Å². The fourth-order valence-corrected chi connectivity index (χ4v) is 1.78. The minimum absolute atomic E-state index is 0.0605. The third kappa shape index (κ3) is 4.64. The van der Waals surface area contributed by atoms with Crippen LogP contribution < -0.4 is 15.4 Å². The van der Waals surface area contributed by atoms with E-state index in [4.69, 9.17) is 10.5 Å². The van der Waals surface area contributed by atoms with Crippen molar-refractivity contribution in [2.45, 2.75) is 20.3 Å². The Bertz CT molecular complexity index is 447. The van der Waals surface area contributed by atoms with E-state index < -0.39 is 0 Å². The van der Waals surface area contributed by atoms with Crippen LogP contribution in [-0.4, -0.2) is 44.6 Å². The Labute approximate surface area is 121 Å². The number of benzene rings is 1. The molecule has 1 aromatic rings. The number of amides is 1. The van der Waals surface area contributed by atoms with E-state index in [-0.39, 0.29) is 5.91 Å². The molecule has 5 heteroatoms. The van der Waals surface area contributed by atoms with Crippen molar-refractivity contribution in [1.29, 1.82) is 0 Å². The van der Waals surface area contributed by atoms with E-state index in [0.29, 0.717) is 18.8 Å². The number of hydrogen-bond acceptors (Lipinski definition) is 4. The first kappa shape index (κ1) is 16.1. The van der Waals surface area contributed by atoms with Crippen LogP contribution in [0, 0.1) is 0 Å². The van der Waals surface area contributed by atoms with E-state index >= 15 is 0 Å². The van der Waals surface area contributed by atoms with Crippen molar-refractivity contribution in [1.82, 2.24) is 4.90 Å². The number of rotatable bonds is 7. The lowest BCUT2D eigenvalue weighted by atomic mass is 10.2. The van der Waals surface area contributed by atoms with Crippen molar-refractivity contribution in [3.63, 3.8) is 0 Å². The second kappa shape index (κ2) is 7.62. The zero-order valence-corrected chi connectivity index (χ0v) is 12.8. The van der Waals surface area contributed by atoms with Crippen LogP contribution in [0.1, 0.15) is 20.3 Å². The highest BCUT2D eigenvalue weighted by atomic mass is 16.5. The zero-order valence-electron chi connectivity index (χ0n) is 12.8. The van der Waals surface area contributed by atoms with Crippen LogP contribution >= 0.6 is 0 Å². The molecule has 0 radical (unpaired) electrons. The number of nitrogen functional groups attached to an aromatic ring is 1. The highest BCUT2D eigenvalue weighted by molar-refractivity contribution is 5.81. The summed E-state index contributed by atoms with van der Waals surface area (Å²) in [5.74, 6) is 0.808. The second-order valence-corrected chi connectivity index (χ2v) is 4.91. The van der Waals surface area contributed by atoms with Crippen LogP contribution in [0.25, 0.3) is 0 Å². The van der Waals surface area contributed by atoms with Gasteiger partial charge in [-0.1, -0.05) is 6.92 Å². The molecule has 0 saturated carbocycles. The lowest BCUT2D eigenvalue weighted by Crippen LogP contribution is -2.36. The molecular formula is C15H25N3O2. The molecule has 1 rings (SSSR count). The van der Waals surface area contributed by atoms with Gasteiger partial charge in [0.15, 0.2) is 0 Å². The molecule has 0 atom stereocenters. The Morgan fingerprint density at radius 3 is 2.50 bits per heavy atom. The average molecular weight is 279 g/mol. The van der Waals surface area contributed by atoms with E-state index in [0.717, 1.165) is 24.4 Å². The summed E-state index contributed by atoms with van der Waals surface area (Å²) in [6.45, 7) is 5.79. The van der Waals surface area contributed by atoms with Crippen molar-refractivity contribution >= 4 is 17.3 Å². The summed E-state index contributed by atoms with van der Waals surface area (Å²) in [5.41, 5.74) is 7.47. The van der Waals surface area contributed by atoms with Crippen molar-refractivity contribution in [3.05, 3.63) is 18.2 Å². The van der Waals surface area contributed by atoms with Gasteiger partial charge in [-0.05, 0) is 19.4 Å². The maximum atomic E-state index is 11.8. The Morgan fingerprint density at radius 1 is 1.25 bits per heavy atom. The Balaban J connectivity index is 2.90. The van der Waals surface area contributed by atoms with E-state index in [9.17, 15) is 4.79 Å². The number of ether oxygens (including phenoxy) is 1. The van der Waals surface area contributed by atoms with Gasteiger partial charge in [-0.25, -0.2) is 0 Å². The van der Waals surface area contributed by atoms with Gasteiger partial charge in [-0.3, -0.25) is 4.79 Å². The monoisotopic (exact) mass is 279 g/mol. The second-order valence-electron chi connectivity index (χ2n) is 4.91. The van der Waals surface area contributed by atoms with Gasteiger partial charge < -0.3 is 20.3 Å². The smallest absolute Gasteiger partial charge is 0.241 e. The predicted octanol–water partition coefficient (Wildman–Crippen LogP) is 1.97. The van der Waals surface area contributed by atoms with Gasteiger partial charge in [0.1, 0.15) is 5.75 Å². The van der Waals surface area contributed by atoms with Crippen molar-refractivity contribution in [3.8, 4) is 5.75 Å². The first-order valence-electron chi connectivity index (χ1n) is 6.96.